The molecule has 6 heteroatoms. The van der Waals surface area contributed by atoms with Crippen LogP contribution in [0.4, 0.5) is 0 Å². The van der Waals surface area contributed by atoms with Crippen molar-refractivity contribution in [2.45, 2.75) is 309 Å². The molecule has 0 aliphatic rings. The molecule has 380 valence electrons. The van der Waals surface area contributed by atoms with Crippen LogP contribution in [0.3, 0.4) is 0 Å². The number of hydrogen-bond acceptors (Lipinski definition) is 6. The molecular formula is C59H108O6. The van der Waals surface area contributed by atoms with Crippen LogP contribution in [0.2, 0.25) is 0 Å². The summed E-state index contributed by atoms with van der Waals surface area (Å²) in [5.74, 6) is -0.884. The summed E-state index contributed by atoms with van der Waals surface area (Å²) in [6.45, 7) is 6.60. The maximum atomic E-state index is 12.8. The first-order chi connectivity index (χ1) is 32.0. The van der Waals surface area contributed by atoms with Crippen LogP contribution in [-0.4, -0.2) is 37.2 Å². The highest BCUT2D eigenvalue weighted by Crippen LogP contribution is 2.16. The van der Waals surface area contributed by atoms with Gasteiger partial charge < -0.3 is 14.2 Å². The second-order valence-corrected chi connectivity index (χ2v) is 19.2. The number of carbonyl (C=O) groups excluding carboxylic acids is 3. The number of carbonyl (C=O) groups is 3. The van der Waals surface area contributed by atoms with Crippen LogP contribution in [0.25, 0.3) is 0 Å². The average molecular weight is 914 g/mol. The summed E-state index contributed by atoms with van der Waals surface area (Å²) >= 11 is 0. The zero-order valence-corrected chi connectivity index (χ0v) is 43.5. The standard InChI is InChI=1S/C59H108O6/c1-4-7-10-13-16-19-22-24-25-26-27-28-29-30-31-32-33-35-37-40-43-46-49-52-58(61)64-55-56(54-63-57(60)51-48-45-42-39-36-21-18-15-12-9-6-3)65-59(62)53-50-47-44-41-38-34-23-20-17-14-11-8-5-2/h15,18,20,23,26-27,56H,4-14,16-17,19,21-22,24-25,28-55H2,1-3H3/b18-15-,23-20-,27-26-. The lowest BCUT2D eigenvalue weighted by atomic mass is 10.0. The van der Waals surface area contributed by atoms with E-state index in [9.17, 15) is 14.4 Å². The van der Waals surface area contributed by atoms with Crippen LogP contribution in [0, 0.1) is 0 Å². The topological polar surface area (TPSA) is 78.9 Å². The molecule has 1 atom stereocenters. The quantitative estimate of drug-likeness (QED) is 0.0262. The fourth-order valence-electron chi connectivity index (χ4n) is 8.24. The maximum Gasteiger partial charge on any atom is 0.306 e. The van der Waals surface area contributed by atoms with Crippen molar-refractivity contribution in [1.82, 2.24) is 0 Å². The van der Waals surface area contributed by atoms with Gasteiger partial charge in [0.15, 0.2) is 6.10 Å². The molecule has 1 unspecified atom stereocenters. The van der Waals surface area contributed by atoms with Gasteiger partial charge in [-0.15, -0.1) is 0 Å². The van der Waals surface area contributed by atoms with Crippen molar-refractivity contribution < 1.29 is 28.6 Å². The molecule has 0 heterocycles. The molecule has 0 aromatic rings. The fourth-order valence-corrected chi connectivity index (χ4v) is 8.24. The molecule has 0 fully saturated rings. The smallest absolute Gasteiger partial charge is 0.306 e. The van der Waals surface area contributed by atoms with Gasteiger partial charge in [0.25, 0.3) is 0 Å². The first-order valence-electron chi connectivity index (χ1n) is 28.5. The van der Waals surface area contributed by atoms with Gasteiger partial charge in [0.2, 0.25) is 0 Å². The van der Waals surface area contributed by atoms with Gasteiger partial charge in [0, 0.05) is 19.3 Å². The van der Waals surface area contributed by atoms with Gasteiger partial charge in [-0.1, -0.05) is 231 Å². The van der Waals surface area contributed by atoms with E-state index in [2.05, 4.69) is 57.2 Å². The molecule has 0 N–H and O–H groups in total. The molecule has 0 rings (SSSR count). The number of unbranched alkanes of at least 4 members (excludes halogenated alkanes) is 35. The first-order valence-corrected chi connectivity index (χ1v) is 28.5. The lowest BCUT2D eigenvalue weighted by Gasteiger charge is -2.18. The van der Waals surface area contributed by atoms with Crippen molar-refractivity contribution in [3.05, 3.63) is 36.5 Å². The van der Waals surface area contributed by atoms with Crippen LogP contribution in [-0.2, 0) is 28.6 Å². The second kappa shape index (κ2) is 54.2. The third-order valence-corrected chi connectivity index (χ3v) is 12.6. The number of allylic oxidation sites excluding steroid dienone is 6. The largest absolute Gasteiger partial charge is 0.462 e. The first kappa shape index (κ1) is 62.6. The molecule has 0 aliphatic carbocycles. The minimum atomic E-state index is -0.777. The summed E-state index contributed by atoms with van der Waals surface area (Å²) in [6, 6.07) is 0. The predicted molar refractivity (Wildman–Crippen MR) is 279 cm³/mol. The van der Waals surface area contributed by atoms with Crippen LogP contribution in [0.5, 0.6) is 0 Å². The van der Waals surface area contributed by atoms with Crippen molar-refractivity contribution in [1.29, 1.82) is 0 Å². The Hall–Kier alpha value is -2.37. The van der Waals surface area contributed by atoms with E-state index in [4.69, 9.17) is 14.2 Å². The zero-order chi connectivity index (χ0) is 47.2. The number of hydrogen-bond donors (Lipinski definition) is 0. The van der Waals surface area contributed by atoms with Crippen LogP contribution >= 0.6 is 0 Å². The average Bonchev–Trinajstić information content (AvgIpc) is 3.30. The van der Waals surface area contributed by atoms with Gasteiger partial charge in [0.1, 0.15) is 13.2 Å². The zero-order valence-electron chi connectivity index (χ0n) is 43.5. The van der Waals surface area contributed by atoms with Gasteiger partial charge in [-0.05, 0) is 89.9 Å². The molecule has 0 radical (unpaired) electrons. The Bertz CT molecular complexity index is 1090. The molecule has 0 spiro atoms. The monoisotopic (exact) mass is 913 g/mol. The van der Waals surface area contributed by atoms with Gasteiger partial charge in [0.05, 0.1) is 0 Å². The predicted octanol–water partition coefficient (Wildman–Crippen LogP) is 18.9. The molecular weight excluding hydrogens is 805 g/mol. The summed E-state index contributed by atoms with van der Waals surface area (Å²) in [4.78, 5) is 38.0. The van der Waals surface area contributed by atoms with E-state index >= 15 is 0 Å². The Balaban J connectivity index is 4.23. The van der Waals surface area contributed by atoms with Crippen LogP contribution in [0.1, 0.15) is 303 Å². The van der Waals surface area contributed by atoms with Crippen molar-refractivity contribution in [3.63, 3.8) is 0 Å². The van der Waals surface area contributed by atoms with Crippen LogP contribution < -0.4 is 0 Å². The van der Waals surface area contributed by atoms with Crippen molar-refractivity contribution in [2.75, 3.05) is 13.2 Å². The molecule has 65 heavy (non-hydrogen) atoms. The Morgan fingerprint density at radius 2 is 0.523 bits per heavy atom. The summed E-state index contributed by atoms with van der Waals surface area (Å²) in [5, 5.41) is 0. The highest BCUT2D eigenvalue weighted by atomic mass is 16.6. The van der Waals surface area contributed by atoms with E-state index in [-0.39, 0.29) is 31.1 Å². The summed E-state index contributed by atoms with van der Waals surface area (Å²) in [6.07, 6.45) is 64.3. The Morgan fingerprint density at radius 1 is 0.292 bits per heavy atom. The third-order valence-electron chi connectivity index (χ3n) is 12.6. The SMILES string of the molecule is CCCC/C=C\CCCCCCCC(=O)OCC(COC(=O)CCCCCCCCCCCCC/C=C\CCCCCCCCCC)OC(=O)CCCCCCC/C=C\CCCCCC. The van der Waals surface area contributed by atoms with E-state index in [0.717, 1.165) is 77.0 Å². The van der Waals surface area contributed by atoms with E-state index in [0.29, 0.717) is 19.3 Å². The Kier molecular flexibility index (Phi) is 52.3. The van der Waals surface area contributed by atoms with E-state index in [1.807, 2.05) is 0 Å². The number of ether oxygens (including phenoxy) is 3. The molecule has 0 aliphatic heterocycles. The summed E-state index contributed by atoms with van der Waals surface area (Å²) in [5.41, 5.74) is 0. The summed E-state index contributed by atoms with van der Waals surface area (Å²) in [7, 11) is 0. The Morgan fingerprint density at radius 3 is 0.831 bits per heavy atom. The van der Waals surface area contributed by atoms with Gasteiger partial charge in [-0.3, -0.25) is 14.4 Å². The van der Waals surface area contributed by atoms with Crippen molar-refractivity contribution in [3.8, 4) is 0 Å². The van der Waals surface area contributed by atoms with E-state index in [1.165, 1.54) is 186 Å². The van der Waals surface area contributed by atoms with E-state index < -0.39 is 6.10 Å². The molecule has 0 saturated carbocycles. The Labute approximate surface area is 404 Å². The van der Waals surface area contributed by atoms with Gasteiger partial charge in [-0.2, -0.15) is 0 Å². The van der Waals surface area contributed by atoms with Gasteiger partial charge in [-0.25, -0.2) is 0 Å². The maximum absolute atomic E-state index is 12.8. The minimum Gasteiger partial charge on any atom is -0.462 e. The highest BCUT2D eigenvalue weighted by Gasteiger charge is 2.19. The molecule has 6 nitrogen and oxygen atoms in total. The van der Waals surface area contributed by atoms with Crippen molar-refractivity contribution >= 4 is 17.9 Å². The minimum absolute atomic E-state index is 0.0765. The van der Waals surface area contributed by atoms with E-state index in [1.54, 1.807) is 0 Å². The lowest BCUT2D eigenvalue weighted by molar-refractivity contribution is -0.167. The third kappa shape index (κ3) is 52.5. The van der Waals surface area contributed by atoms with Gasteiger partial charge >= 0.3 is 17.9 Å². The molecule has 0 aromatic carbocycles. The molecule has 0 aromatic heterocycles. The molecule has 0 saturated heterocycles. The highest BCUT2D eigenvalue weighted by molar-refractivity contribution is 5.71. The fraction of sp³-hybridized carbons (Fsp3) is 0.847. The molecule has 0 amide bonds. The van der Waals surface area contributed by atoms with Crippen LogP contribution in [0.15, 0.2) is 36.5 Å². The number of rotatable bonds is 52. The second-order valence-electron chi connectivity index (χ2n) is 19.2. The normalized spacial score (nSPS) is 12.2. The lowest BCUT2D eigenvalue weighted by Crippen LogP contribution is -2.30. The molecule has 0 bridgehead atoms. The van der Waals surface area contributed by atoms with Crippen molar-refractivity contribution in [2.24, 2.45) is 0 Å². The summed E-state index contributed by atoms with van der Waals surface area (Å²) < 4.78 is 16.8. The number of esters is 3.